The van der Waals surface area contributed by atoms with Crippen LogP contribution in [0.3, 0.4) is 0 Å². The van der Waals surface area contributed by atoms with E-state index in [0.29, 0.717) is 18.4 Å². The van der Waals surface area contributed by atoms with Crippen LogP contribution in [0.5, 0.6) is 0 Å². The van der Waals surface area contributed by atoms with Crippen molar-refractivity contribution in [3.63, 3.8) is 0 Å². The highest BCUT2D eigenvalue weighted by Gasteiger charge is 1.95. The van der Waals surface area contributed by atoms with Crippen LogP contribution in [0.4, 0.5) is 0 Å². The van der Waals surface area contributed by atoms with E-state index in [9.17, 15) is 0 Å². The Kier molecular flexibility index (Phi) is 8.08. The Labute approximate surface area is 136 Å². The van der Waals surface area contributed by atoms with Gasteiger partial charge < -0.3 is 15.9 Å². The Morgan fingerprint density at radius 1 is 0.913 bits per heavy atom. The number of hydrogen-bond donors (Lipinski definition) is 4. The van der Waals surface area contributed by atoms with Crippen LogP contribution in [0.15, 0.2) is 48.5 Å². The molecule has 0 unspecified atom stereocenters. The monoisotopic (exact) mass is 311 g/mol. The minimum atomic E-state index is 0.0746. The van der Waals surface area contributed by atoms with E-state index in [1.807, 2.05) is 30.3 Å². The molecule has 0 amide bonds. The molecule has 0 aromatic heterocycles. The van der Waals surface area contributed by atoms with E-state index in [2.05, 4.69) is 0 Å². The first-order valence-corrected chi connectivity index (χ1v) is 7.24. The first-order chi connectivity index (χ1) is 11.1. The lowest BCUT2D eigenvalue weighted by Crippen LogP contribution is -2.10. The average molecular weight is 311 g/mol. The molecule has 5 heteroatoms. The summed E-state index contributed by atoms with van der Waals surface area (Å²) in [6.07, 6.45) is 1.31. The van der Waals surface area contributed by atoms with Crippen molar-refractivity contribution < 1.29 is 10.2 Å². The largest absolute Gasteiger partial charge is 0.396 e. The molecule has 0 radical (unpaired) electrons. The molecule has 0 atom stereocenters. The second-order valence-electron chi connectivity index (χ2n) is 4.87. The van der Waals surface area contributed by atoms with Crippen molar-refractivity contribution in [1.82, 2.24) is 0 Å². The molecule has 120 valence electrons. The van der Waals surface area contributed by atoms with E-state index in [4.69, 9.17) is 26.6 Å². The van der Waals surface area contributed by atoms with Crippen LogP contribution < -0.4 is 5.73 Å². The molecule has 23 heavy (non-hydrogen) atoms. The van der Waals surface area contributed by atoms with E-state index in [0.717, 1.165) is 16.7 Å². The Bertz CT molecular complexity index is 643. The van der Waals surface area contributed by atoms with Gasteiger partial charge in [0, 0.05) is 18.8 Å². The van der Waals surface area contributed by atoms with Gasteiger partial charge in [0.25, 0.3) is 0 Å². The fourth-order valence-corrected chi connectivity index (χ4v) is 1.86. The summed E-state index contributed by atoms with van der Waals surface area (Å²) >= 11 is 0. The quantitative estimate of drug-likeness (QED) is 0.496. The second-order valence-corrected chi connectivity index (χ2v) is 4.87. The number of hydrogen-bond acceptors (Lipinski definition) is 4. The third-order valence-electron chi connectivity index (χ3n) is 3.15. The van der Waals surface area contributed by atoms with Crippen LogP contribution in [0.2, 0.25) is 0 Å². The second kappa shape index (κ2) is 10.1. The first kappa shape index (κ1) is 18.4. The third kappa shape index (κ3) is 6.74. The average Bonchev–Trinajstić information content (AvgIpc) is 2.57. The first-order valence-electron chi connectivity index (χ1n) is 7.24. The molecule has 0 spiro atoms. The van der Waals surface area contributed by atoms with E-state index in [1.54, 1.807) is 24.3 Å². The molecule has 5 N–H and O–H groups in total. The predicted molar refractivity (Wildman–Crippen MR) is 90.2 cm³/mol. The zero-order valence-electron chi connectivity index (χ0n) is 12.9. The predicted octanol–water partition coefficient (Wildman–Crippen LogP) is 1.60. The van der Waals surface area contributed by atoms with E-state index in [-0.39, 0.29) is 19.0 Å². The summed E-state index contributed by atoms with van der Waals surface area (Å²) < 4.78 is 0. The van der Waals surface area contributed by atoms with Gasteiger partial charge in [-0.1, -0.05) is 36.4 Å². The molecule has 0 saturated carbocycles. The van der Waals surface area contributed by atoms with Crippen LogP contribution in [-0.4, -0.2) is 29.3 Å². The normalized spacial score (nSPS) is 9.43. The standard InChI is InChI=1S/C9H12N2O.C9H9NO/c10-9(11)8-3-1-7(2-4-8)5-6-12;10-7-9-3-1-8(2-4-9)5-6-11/h1-4,12H,5-6H2,(H3,10,11);1-4,11H,5-6H2. The molecule has 0 bridgehead atoms. The Morgan fingerprint density at radius 3 is 1.70 bits per heavy atom. The summed E-state index contributed by atoms with van der Waals surface area (Å²) in [5, 5.41) is 32.8. The number of nitriles is 1. The van der Waals surface area contributed by atoms with Crippen molar-refractivity contribution in [3.05, 3.63) is 70.8 Å². The summed E-state index contributed by atoms with van der Waals surface area (Å²) in [6, 6.07) is 16.6. The number of aliphatic hydroxyl groups is 2. The van der Waals surface area contributed by atoms with Crippen molar-refractivity contribution in [1.29, 1.82) is 10.7 Å². The fourth-order valence-electron chi connectivity index (χ4n) is 1.86. The number of aliphatic hydroxyl groups excluding tert-OH is 2. The highest BCUT2D eigenvalue weighted by molar-refractivity contribution is 5.94. The van der Waals surface area contributed by atoms with Crippen LogP contribution in [0, 0.1) is 16.7 Å². The van der Waals surface area contributed by atoms with Crippen molar-refractivity contribution in [2.75, 3.05) is 13.2 Å². The Hall–Kier alpha value is -2.68. The van der Waals surface area contributed by atoms with Crippen LogP contribution in [0.25, 0.3) is 0 Å². The zero-order chi connectivity index (χ0) is 17.1. The number of nitrogen functional groups attached to an aromatic ring is 1. The molecule has 2 rings (SSSR count). The summed E-state index contributed by atoms with van der Waals surface area (Å²) in [5.41, 5.74) is 8.77. The maximum atomic E-state index is 8.63. The van der Waals surface area contributed by atoms with Crippen LogP contribution in [-0.2, 0) is 12.8 Å². The molecular weight excluding hydrogens is 290 g/mol. The maximum Gasteiger partial charge on any atom is 0.122 e. The highest BCUT2D eigenvalue weighted by Crippen LogP contribution is 2.04. The van der Waals surface area contributed by atoms with Crippen molar-refractivity contribution in [3.8, 4) is 6.07 Å². The molecular formula is C18H21N3O2. The van der Waals surface area contributed by atoms with Gasteiger partial charge in [-0.3, -0.25) is 5.41 Å². The van der Waals surface area contributed by atoms with Gasteiger partial charge in [-0.25, -0.2) is 0 Å². The van der Waals surface area contributed by atoms with Gasteiger partial charge in [-0.2, -0.15) is 5.26 Å². The molecule has 0 saturated heterocycles. The number of rotatable bonds is 5. The van der Waals surface area contributed by atoms with Gasteiger partial charge in [0.1, 0.15) is 5.84 Å². The number of nitrogens with one attached hydrogen (secondary N) is 1. The van der Waals surface area contributed by atoms with E-state index in [1.165, 1.54) is 0 Å². The van der Waals surface area contributed by atoms with Crippen LogP contribution in [0.1, 0.15) is 22.3 Å². The lowest BCUT2D eigenvalue weighted by atomic mass is 10.1. The third-order valence-corrected chi connectivity index (χ3v) is 3.15. The van der Waals surface area contributed by atoms with Gasteiger partial charge in [0.15, 0.2) is 0 Å². The molecule has 0 aliphatic rings. The molecule has 0 heterocycles. The highest BCUT2D eigenvalue weighted by atomic mass is 16.3. The van der Waals surface area contributed by atoms with Gasteiger partial charge in [0.05, 0.1) is 11.6 Å². The number of nitrogens with zero attached hydrogens (tertiary/aromatic N) is 1. The number of benzene rings is 2. The lowest BCUT2D eigenvalue weighted by Gasteiger charge is -2.00. The Morgan fingerprint density at radius 2 is 1.35 bits per heavy atom. The summed E-state index contributed by atoms with van der Waals surface area (Å²) in [7, 11) is 0. The molecule has 2 aromatic carbocycles. The summed E-state index contributed by atoms with van der Waals surface area (Å²) in [6.45, 7) is 0.311. The van der Waals surface area contributed by atoms with Gasteiger partial charge in [-0.05, 0) is 36.1 Å². The van der Waals surface area contributed by atoms with Crippen molar-refractivity contribution >= 4 is 5.84 Å². The molecule has 0 aliphatic heterocycles. The topological polar surface area (TPSA) is 114 Å². The van der Waals surface area contributed by atoms with Crippen molar-refractivity contribution in [2.24, 2.45) is 5.73 Å². The van der Waals surface area contributed by atoms with E-state index < -0.39 is 0 Å². The van der Waals surface area contributed by atoms with Crippen molar-refractivity contribution in [2.45, 2.75) is 12.8 Å². The lowest BCUT2D eigenvalue weighted by molar-refractivity contribution is 0.299. The SMILES string of the molecule is N#Cc1ccc(CCO)cc1.N=C(N)c1ccc(CCO)cc1. The Balaban J connectivity index is 0.000000231. The smallest absolute Gasteiger partial charge is 0.122 e. The zero-order valence-corrected chi connectivity index (χ0v) is 12.9. The fraction of sp³-hybridized carbons (Fsp3) is 0.222. The number of amidine groups is 1. The van der Waals surface area contributed by atoms with Gasteiger partial charge >= 0.3 is 0 Å². The maximum absolute atomic E-state index is 8.63. The minimum absolute atomic E-state index is 0.0746. The minimum Gasteiger partial charge on any atom is -0.396 e. The van der Waals surface area contributed by atoms with Gasteiger partial charge in [0.2, 0.25) is 0 Å². The summed E-state index contributed by atoms with van der Waals surface area (Å²) in [4.78, 5) is 0. The summed E-state index contributed by atoms with van der Waals surface area (Å²) in [5.74, 6) is 0.0746. The van der Waals surface area contributed by atoms with E-state index >= 15 is 0 Å². The molecule has 2 aromatic rings. The number of nitrogens with two attached hydrogens (primary N) is 1. The molecule has 5 nitrogen and oxygen atoms in total. The van der Waals surface area contributed by atoms with Crippen LogP contribution >= 0.6 is 0 Å². The molecule has 0 fully saturated rings. The molecule has 0 aliphatic carbocycles. The van der Waals surface area contributed by atoms with Gasteiger partial charge in [-0.15, -0.1) is 0 Å².